The van der Waals surface area contributed by atoms with Crippen molar-refractivity contribution < 1.29 is 19.4 Å². The third kappa shape index (κ3) is 4.49. The Labute approximate surface area is 145 Å². The van der Waals surface area contributed by atoms with Crippen LogP contribution in [0, 0.1) is 0 Å². The summed E-state index contributed by atoms with van der Waals surface area (Å²) in [5.74, 6) is -0.782. The molecular weight excluding hydrogens is 330 g/mol. The Kier molecular flexibility index (Phi) is 5.82. The average Bonchev–Trinajstić information content (AvgIpc) is 2.57. The highest BCUT2D eigenvalue weighted by atomic mass is 35.5. The van der Waals surface area contributed by atoms with E-state index in [1.54, 1.807) is 24.3 Å². The summed E-state index contributed by atoms with van der Waals surface area (Å²) in [5, 5.41) is 11.9. The fourth-order valence-electron chi connectivity index (χ4n) is 1.95. The van der Waals surface area contributed by atoms with Crippen LogP contribution in [0.4, 0.5) is 5.69 Å². The van der Waals surface area contributed by atoms with Crippen LogP contribution in [0.25, 0.3) is 0 Å². The first kappa shape index (κ1) is 17.8. The Morgan fingerprint density at radius 3 is 2.38 bits per heavy atom. The summed E-state index contributed by atoms with van der Waals surface area (Å²) in [5.41, 5.74) is 0.719. The van der Waals surface area contributed by atoms with Crippen LogP contribution in [0.15, 0.2) is 42.5 Å². The normalized spacial score (nSPS) is 11.6. The Morgan fingerprint density at radius 2 is 1.79 bits per heavy atom. The number of carboxylic acid groups (broad SMARTS) is 1. The largest absolute Gasteiger partial charge is 0.491 e. The quantitative estimate of drug-likeness (QED) is 0.808. The second-order valence-electron chi connectivity index (χ2n) is 5.31. The highest BCUT2D eigenvalue weighted by Crippen LogP contribution is 2.24. The maximum absolute atomic E-state index is 12.3. The van der Waals surface area contributed by atoms with E-state index in [1.807, 2.05) is 13.8 Å². The fourth-order valence-corrected chi connectivity index (χ4v) is 2.11. The molecule has 0 aliphatic rings. The molecule has 0 aromatic heterocycles. The number of anilines is 1. The van der Waals surface area contributed by atoms with Crippen molar-refractivity contribution >= 4 is 29.2 Å². The molecule has 0 spiro atoms. The molecule has 2 rings (SSSR count). The molecule has 2 aromatic carbocycles. The van der Waals surface area contributed by atoms with Crippen molar-refractivity contribution in [2.24, 2.45) is 0 Å². The smallest absolute Gasteiger partial charge is 0.335 e. The molecular formula is C18H18ClNO4. The average molecular weight is 348 g/mol. The van der Waals surface area contributed by atoms with Crippen molar-refractivity contribution in [1.82, 2.24) is 0 Å². The lowest BCUT2D eigenvalue weighted by atomic mass is 10.1. The van der Waals surface area contributed by atoms with Crippen LogP contribution in [-0.4, -0.2) is 23.1 Å². The van der Waals surface area contributed by atoms with Crippen molar-refractivity contribution in [1.29, 1.82) is 0 Å². The number of nitrogens with one attached hydrogen (secondary N) is 1. The van der Waals surface area contributed by atoms with Crippen molar-refractivity contribution in [2.75, 3.05) is 5.32 Å². The number of carboxylic acids is 1. The molecule has 2 aromatic rings. The topological polar surface area (TPSA) is 75.6 Å². The summed E-state index contributed by atoms with van der Waals surface area (Å²) in [6, 6.07) is 10.9. The number of aromatic carboxylic acids is 1. The Hall–Kier alpha value is -2.53. The lowest BCUT2D eigenvalue weighted by molar-refractivity contribution is 0.0696. The van der Waals surface area contributed by atoms with Gasteiger partial charge < -0.3 is 15.2 Å². The van der Waals surface area contributed by atoms with E-state index in [0.717, 1.165) is 6.42 Å². The summed E-state index contributed by atoms with van der Waals surface area (Å²) < 4.78 is 5.66. The summed E-state index contributed by atoms with van der Waals surface area (Å²) >= 11 is 6.00. The highest BCUT2D eigenvalue weighted by Gasteiger charge is 2.12. The van der Waals surface area contributed by atoms with Gasteiger partial charge in [0.15, 0.2) is 0 Å². The molecule has 0 aliphatic carbocycles. The van der Waals surface area contributed by atoms with E-state index in [0.29, 0.717) is 11.3 Å². The Bertz CT molecular complexity index is 743. The van der Waals surface area contributed by atoms with Gasteiger partial charge in [0, 0.05) is 5.56 Å². The molecule has 0 aliphatic heterocycles. The molecule has 0 fully saturated rings. The maximum Gasteiger partial charge on any atom is 0.335 e. The minimum absolute atomic E-state index is 0.0481. The minimum Gasteiger partial charge on any atom is -0.491 e. The lowest BCUT2D eigenvalue weighted by Crippen LogP contribution is -2.13. The Balaban J connectivity index is 2.12. The van der Waals surface area contributed by atoms with Gasteiger partial charge >= 0.3 is 5.97 Å². The van der Waals surface area contributed by atoms with Crippen LogP contribution in [0.3, 0.4) is 0 Å². The van der Waals surface area contributed by atoms with Gasteiger partial charge in [0.25, 0.3) is 5.91 Å². The van der Waals surface area contributed by atoms with Crippen LogP contribution in [0.5, 0.6) is 5.75 Å². The van der Waals surface area contributed by atoms with E-state index in [2.05, 4.69) is 5.32 Å². The third-order valence-corrected chi connectivity index (χ3v) is 3.82. The van der Waals surface area contributed by atoms with E-state index in [1.165, 1.54) is 18.2 Å². The van der Waals surface area contributed by atoms with Crippen molar-refractivity contribution in [3.8, 4) is 5.75 Å². The van der Waals surface area contributed by atoms with Gasteiger partial charge in [0.2, 0.25) is 0 Å². The van der Waals surface area contributed by atoms with Crippen LogP contribution < -0.4 is 10.1 Å². The zero-order valence-electron chi connectivity index (χ0n) is 13.4. The van der Waals surface area contributed by atoms with E-state index in [9.17, 15) is 9.59 Å². The number of benzene rings is 2. The predicted octanol–water partition coefficient (Wildman–Crippen LogP) is 4.47. The van der Waals surface area contributed by atoms with E-state index >= 15 is 0 Å². The predicted molar refractivity (Wildman–Crippen MR) is 93.2 cm³/mol. The first-order valence-electron chi connectivity index (χ1n) is 7.51. The lowest BCUT2D eigenvalue weighted by Gasteiger charge is -2.13. The Morgan fingerprint density at radius 1 is 1.17 bits per heavy atom. The maximum atomic E-state index is 12.3. The summed E-state index contributed by atoms with van der Waals surface area (Å²) in [4.78, 5) is 23.3. The van der Waals surface area contributed by atoms with Crippen molar-refractivity contribution in [3.63, 3.8) is 0 Å². The fraction of sp³-hybridized carbons (Fsp3) is 0.222. The molecule has 0 heterocycles. The number of amides is 1. The third-order valence-electron chi connectivity index (χ3n) is 3.49. The molecule has 0 radical (unpaired) electrons. The molecule has 2 N–H and O–H groups in total. The second kappa shape index (κ2) is 7.84. The molecule has 0 saturated heterocycles. The van der Waals surface area contributed by atoms with Gasteiger partial charge in [-0.2, -0.15) is 0 Å². The summed E-state index contributed by atoms with van der Waals surface area (Å²) in [6.07, 6.45) is 0.989. The van der Waals surface area contributed by atoms with Gasteiger partial charge in [-0.25, -0.2) is 4.79 Å². The molecule has 6 heteroatoms. The second-order valence-corrected chi connectivity index (χ2v) is 5.72. The standard InChI is InChI=1S/C18H18ClNO4/c1-3-11(2)24-14-7-4-12(5-8-14)17(21)20-16-10-13(18(22)23)6-9-15(16)19/h4-11H,3H2,1-2H3,(H,20,21)(H,22,23). The van der Waals surface area contributed by atoms with E-state index in [4.69, 9.17) is 21.4 Å². The van der Waals surface area contributed by atoms with Gasteiger partial charge in [-0.1, -0.05) is 18.5 Å². The number of carbonyl (C=O) groups is 2. The number of halogens is 1. The summed E-state index contributed by atoms with van der Waals surface area (Å²) in [6.45, 7) is 4.00. The number of ether oxygens (including phenoxy) is 1. The SMILES string of the molecule is CCC(C)Oc1ccc(C(=O)Nc2cc(C(=O)O)ccc2Cl)cc1. The number of rotatable bonds is 6. The molecule has 0 bridgehead atoms. The van der Waals surface area contributed by atoms with Crippen LogP contribution in [0.1, 0.15) is 41.0 Å². The van der Waals surface area contributed by atoms with Crippen LogP contribution >= 0.6 is 11.6 Å². The minimum atomic E-state index is -1.09. The van der Waals surface area contributed by atoms with Crippen LogP contribution in [0.2, 0.25) is 5.02 Å². The van der Waals surface area contributed by atoms with Gasteiger partial charge in [-0.05, 0) is 55.8 Å². The van der Waals surface area contributed by atoms with Gasteiger partial charge in [-0.15, -0.1) is 0 Å². The zero-order valence-corrected chi connectivity index (χ0v) is 14.1. The van der Waals surface area contributed by atoms with Crippen molar-refractivity contribution in [2.45, 2.75) is 26.4 Å². The van der Waals surface area contributed by atoms with Crippen LogP contribution in [-0.2, 0) is 0 Å². The van der Waals surface area contributed by atoms with E-state index in [-0.39, 0.29) is 28.3 Å². The molecule has 1 unspecified atom stereocenters. The van der Waals surface area contributed by atoms with Gasteiger partial charge in [0.05, 0.1) is 22.4 Å². The number of hydrogen-bond acceptors (Lipinski definition) is 3. The molecule has 0 saturated carbocycles. The molecule has 5 nitrogen and oxygen atoms in total. The zero-order chi connectivity index (χ0) is 17.7. The monoisotopic (exact) mass is 347 g/mol. The summed E-state index contributed by atoms with van der Waals surface area (Å²) in [7, 11) is 0. The molecule has 24 heavy (non-hydrogen) atoms. The first-order chi connectivity index (χ1) is 11.4. The number of carbonyl (C=O) groups excluding carboxylic acids is 1. The highest BCUT2D eigenvalue weighted by molar-refractivity contribution is 6.34. The molecule has 1 amide bonds. The number of hydrogen-bond donors (Lipinski definition) is 2. The van der Waals surface area contributed by atoms with Gasteiger partial charge in [-0.3, -0.25) is 4.79 Å². The first-order valence-corrected chi connectivity index (χ1v) is 7.89. The molecule has 126 valence electrons. The van der Waals surface area contributed by atoms with E-state index < -0.39 is 5.97 Å². The van der Waals surface area contributed by atoms with Gasteiger partial charge in [0.1, 0.15) is 5.75 Å². The molecule has 1 atom stereocenters. The van der Waals surface area contributed by atoms with Crippen molar-refractivity contribution in [3.05, 3.63) is 58.6 Å².